The largest absolute Gasteiger partial charge is 0.366 e. The summed E-state index contributed by atoms with van der Waals surface area (Å²) in [5.41, 5.74) is 2.83. The fourth-order valence-electron chi connectivity index (χ4n) is 4.64. The van der Waals surface area contributed by atoms with Crippen LogP contribution in [0.5, 0.6) is 0 Å². The predicted octanol–water partition coefficient (Wildman–Crippen LogP) is 3.82. The highest BCUT2D eigenvalue weighted by Gasteiger charge is 2.34. The number of hydrogen-bond acceptors (Lipinski definition) is 5. The molecule has 0 atom stereocenters. The Morgan fingerprint density at radius 1 is 1.03 bits per heavy atom. The Hall–Kier alpha value is -2.87. The molecule has 1 fully saturated rings. The Morgan fingerprint density at radius 2 is 1.75 bits per heavy atom. The van der Waals surface area contributed by atoms with Gasteiger partial charge in [-0.25, -0.2) is 4.39 Å². The van der Waals surface area contributed by atoms with E-state index in [2.05, 4.69) is 46.8 Å². The number of para-hydroxylation sites is 1. The number of fused-ring (bicyclic) bond motifs is 3. The maximum Gasteiger partial charge on any atom is 0.233 e. The van der Waals surface area contributed by atoms with Crippen molar-refractivity contribution in [3.8, 4) is 11.4 Å². The molecule has 1 amide bonds. The molecular formula is C24H26FN5OS. The number of halogens is 1. The number of benzene rings is 2. The summed E-state index contributed by atoms with van der Waals surface area (Å²) in [4.78, 5) is 16.7. The van der Waals surface area contributed by atoms with Crippen LogP contribution in [0.15, 0.2) is 53.7 Å². The third kappa shape index (κ3) is 3.77. The average molecular weight is 452 g/mol. The average Bonchev–Trinajstić information content (AvgIpc) is 3.23. The second kappa shape index (κ2) is 8.24. The van der Waals surface area contributed by atoms with E-state index in [9.17, 15) is 9.18 Å². The van der Waals surface area contributed by atoms with Gasteiger partial charge >= 0.3 is 0 Å². The van der Waals surface area contributed by atoms with E-state index >= 15 is 0 Å². The van der Waals surface area contributed by atoms with Gasteiger partial charge in [-0.1, -0.05) is 48.2 Å². The van der Waals surface area contributed by atoms with Gasteiger partial charge < -0.3 is 9.80 Å². The van der Waals surface area contributed by atoms with Crippen molar-refractivity contribution in [1.82, 2.24) is 19.7 Å². The molecule has 3 aromatic rings. The lowest BCUT2D eigenvalue weighted by Crippen LogP contribution is -2.49. The molecule has 0 spiro atoms. The van der Waals surface area contributed by atoms with Gasteiger partial charge in [0.1, 0.15) is 5.82 Å². The molecule has 0 aliphatic carbocycles. The van der Waals surface area contributed by atoms with Crippen LogP contribution in [0.1, 0.15) is 19.4 Å². The summed E-state index contributed by atoms with van der Waals surface area (Å²) < 4.78 is 16.2. The maximum atomic E-state index is 14.1. The normalized spacial score (nSPS) is 17.1. The number of hydrogen-bond donors (Lipinski definition) is 0. The van der Waals surface area contributed by atoms with Gasteiger partial charge in [0.25, 0.3) is 0 Å². The first-order valence-corrected chi connectivity index (χ1v) is 11.9. The molecule has 32 heavy (non-hydrogen) atoms. The first kappa shape index (κ1) is 21.0. The maximum absolute atomic E-state index is 14.1. The van der Waals surface area contributed by atoms with Crippen molar-refractivity contribution in [2.75, 3.05) is 36.8 Å². The van der Waals surface area contributed by atoms with Crippen LogP contribution in [0, 0.1) is 5.82 Å². The molecule has 2 aromatic carbocycles. The highest BCUT2D eigenvalue weighted by molar-refractivity contribution is 7.99. The van der Waals surface area contributed by atoms with Crippen LogP contribution in [0.2, 0.25) is 0 Å². The van der Waals surface area contributed by atoms with E-state index in [0.29, 0.717) is 37.6 Å². The zero-order valence-corrected chi connectivity index (χ0v) is 19.1. The summed E-state index contributed by atoms with van der Waals surface area (Å²) >= 11 is 1.44. The summed E-state index contributed by atoms with van der Waals surface area (Å²) in [6, 6.07) is 15.1. The lowest BCUT2D eigenvalue weighted by Gasteiger charge is -2.36. The monoisotopic (exact) mass is 451 g/mol. The number of carbonyl (C=O) groups excluding carboxylic acids is 1. The summed E-state index contributed by atoms with van der Waals surface area (Å²) in [6.07, 6.45) is 0.897. The van der Waals surface area contributed by atoms with Crippen molar-refractivity contribution in [1.29, 1.82) is 0 Å². The van der Waals surface area contributed by atoms with Gasteiger partial charge in [-0.05, 0) is 38.0 Å². The van der Waals surface area contributed by atoms with E-state index in [1.165, 1.54) is 23.4 Å². The lowest BCUT2D eigenvalue weighted by molar-refractivity contribution is -0.128. The molecule has 0 saturated carbocycles. The quantitative estimate of drug-likeness (QED) is 0.565. The van der Waals surface area contributed by atoms with Crippen LogP contribution in [-0.2, 0) is 16.8 Å². The third-order valence-corrected chi connectivity index (χ3v) is 7.18. The van der Waals surface area contributed by atoms with E-state index < -0.39 is 0 Å². The number of rotatable bonds is 4. The van der Waals surface area contributed by atoms with Gasteiger partial charge in [0.05, 0.1) is 11.4 Å². The SMILES string of the molecule is CC1(C)Cc2ccccc2-c2nnc(SCC(=O)N3CCN(c4ccccc4F)CC3)n21. The Kier molecular flexibility index (Phi) is 5.41. The van der Waals surface area contributed by atoms with Crippen molar-refractivity contribution < 1.29 is 9.18 Å². The van der Waals surface area contributed by atoms with Crippen LogP contribution in [0.3, 0.4) is 0 Å². The Labute approximate surface area is 191 Å². The third-order valence-electron chi connectivity index (χ3n) is 6.27. The first-order valence-electron chi connectivity index (χ1n) is 10.9. The zero-order chi connectivity index (χ0) is 22.3. The Balaban J connectivity index is 1.25. The standard InChI is InChI=1S/C24H26FN5OS/c1-24(2)15-17-7-3-4-8-18(17)22-26-27-23(30(22)24)32-16-21(31)29-13-11-28(12-14-29)20-10-6-5-9-19(20)25/h3-10H,11-16H2,1-2H3. The molecule has 3 heterocycles. The molecule has 2 aliphatic heterocycles. The first-order chi connectivity index (χ1) is 15.4. The molecule has 6 nitrogen and oxygen atoms in total. The fourth-order valence-corrected chi connectivity index (χ4v) is 5.64. The number of aromatic nitrogens is 3. The Morgan fingerprint density at radius 3 is 2.53 bits per heavy atom. The summed E-state index contributed by atoms with van der Waals surface area (Å²) in [5, 5.41) is 9.66. The second-order valence-corrected chi connectivity index (χ2v) is 9.84. The smallest absolute Gasteiger partial charge is 0.233 e. The van der Waals surface area contributed by atoms with Crippen LogP contribution in [0.25, 0.3) is 11.4 Å². The minimum atomic E-state index is -0.219. The topological polar surface area (TPSA) is 54.3 Å². The summed E-state index contributed by atoms with van der Waals surface area (Å²) in [6.45, 7) is 6.80. The van der Waals surface area contributed by atoms with Crippen molar-refractivity contribution in [2.24, 2.45) is 0 Å². The van der Waals surface area contributed by atoms with Crippen LogP contribution in [-0.4, -0.2) is 57.5 Å². The van der Waals surface area contributed by atoms with Gasteiger partial charge in [-0.15, -0.1) is 10.2 Å². The fraction of sp³-hybridized carbons (Fsp3) is 0.375. The number of amides is 1. The number of thioether (sulfide) groups is 1. The molecular weight excluding hydrogens is 425 g/mol. The highest BCUT2D eigenvalue weighted by Crippen LogP contribution is 2.39. The van der Waals surface area contributed by atoms with E-state index in [4.69, 9.17) is 0 Å². The molecule has 2 aliphatic rings. The van der Waals surface area contributed by atoms with Crippen molar-refractivity contribution in [3.05, 3.63) is 59.9 Å². The Bertz CT molecular complexity index is 1150. The van der Waals surface area contributed by atoms with E-state index in [1.54, 1.807) is 12.1 Å². The van der Waals surface area contributed by atoms with Crippen LogP contribution in [0.4, 0.5) is 10.1 Å². The molecule has 8 heteroatoms. The van der Waals surface area contributed by atoms with E-state index in [1.807, 2.05) is 21.9 Å². The van der Waals surface area contributed by atoms with E-state index in [0.717, 1.165) is 23.0 Å². The molecule has 5 rings (SSSR count). The predicted molar refractivity (Wildman–Crippen MR) is 124 cm³/mol. The van der Waals surface area contributed by atoms with Gasteiger partial charge in [-0.3, -0.25) is 9.36 Å². The summed E-state index contributed by atoms with van der Waals surface area (Å²) in [7, 11) is 0. The zero-order valence-electron chi connectivity index (χ0n) is 18.3. The number of piperazine rings is 1. The van der Waals surface area contributed by atoms with Gasteiger partial charge in [-0.2, -0.15) is 0 Å². The van der Waals surface area contributed by atoms with Gasteiger partial charge in [0.15, 0.2) is 11.0 Å². The van der Waals surface area contributed by atoms with E-state index in [-0.39, 0.29) is 17.3 Å². The molecule has 0 unspecified atom stereocenters. The number of nitrogens with zero attached hydrogens (tertiary/aromatic N) is 5. The van der Waals surface area contributed by atoms with Crippen LogP contribution < -0.4 is 4.90 Å². The molecule has 1 aromatic heterocycles. The molecule has 0 radical (unpaired) electrons. The molecule has 1 saturated heterocycles. The molecule has 166 valence electrons. The minimum absolute atomic E-state index is 0.0783. The van der Waals surface area contributed by atoms with Gasteiger partial charge in [0, 0.05) is 37.3 Å². The molecule has 0 bridgehead atoms. The second-order valence-electron chi connectivity index (χ2n) is 8.90. The lowest BCUT2D eigenvalue weighted by atomic mass is 9.87. The van der Waals surface area contributed by atoms with Crippen molar-refractivity contribution in [3.63, 3.8) is 0 Å². The molecule has 0 N–H and O–H groups in total. The minimum Gasteiger partial charge on any atom is -0.366 e. The number of carbonyl (C=O) groups is 1. The van der Waals surface area contributed by atoms with Crippen LogP contribution >= 0.6 is 11.8 Å². The van der Waals surface area contributed by atoms with Crippen molar-refractivity contribution in [2.45, 2.75) is 31.0 Å². The number of anilines is 1. The van der Waals surface area contributed by atoms with Crippen molar-refractivity contribution >= 4 is 23.4 Å². The van der Waals surface area contributed by atoms with Gasteiger partial charge in [0.2, 0.25) is 5.91 Å². The summed E-state index contributed by atoms with van der Waals surface area (Å²) in [5.74, 6) is 1.04. The highest BCUT2D eigenvalue weighted by atomic mass is 32.2.